The zero-order valence-corrected chi connectivity index (χ0v) is 28.7. The van der Waals surface area contributed by atoms with E-state index in [-0.39, 0.29) is 18.5 Å². The summed E-state index contributed by atoms with van der Waals surface area (Å²) < 4.78 is 11.0. The second kappa shape index (κ2) is 27.1. The molecule has 1 saturated heterocycles. The van der Waals surface area contributed by atoms with Crippen LogP contribution in [-0.2, 0) is 19.1 Å². The van der Waals surface area contributed by atoms with E-state index in [1.54, 1.807) is 0 Å². The molecule has 0 aromatic heterocycles. The number of esters is 2. The molecule has 254 valence electrons. The van der Waals surface area contributed by atoms with Gasteiger partial charge in [-0.05, 0) is 65.2 Å². The van der Waals surface area contributed by atoms with Crippen LogP contribution in [0.4, 0.5) is 0 Å². The molecule has 0 radical (unpaired) electrons. The van der Waals surface area contributed by atoms with Gasteiger partial charge in [0.2, 0.25) is 0 Å². The van der Waals surface area contributed by atoms with E-state index in [4.69, 9.17) is 9.47 Å². The van der Waals surface area contributed by atoms with Gasteiger partial charge in [0.1, 0.15) is 0 Å². The molecule has 2 atom stereocenters. The first kappa shape index (κ1) is 39.8. The summed E-state index contributed by atoms with van der Waals surface area (Å²) in [5.41, 5.74) is 0. The molecule has 0 amide bonds. The average molecular weight is 612 g/mol. The van der Waals surface area contributed by atoms with Crippen molar-refractivity contribution >= 4 is 11.9 Å². The van der Waals surface area contributed by atoms with Crippen LogP contribution in [0, 0.1) is 0 Å². The molecule has 43 heavy (non-hydrogen) atoms. The minimum atomic E-state index is -0.802. The van der Waals surface area contributed by atoms with Crippen LogP contribution >= 0.6 is 0 Å². The molecule has 8 heteroatoms. The van der Waals surface area contributed by atoms with Crippen LogP contribution in [-0.4, -0.2) is 110 Å². The molecular weight excluding hydrogens is 542 g/mol. The molecule has 8 nitrogen and oxygen atoms in total. The van der Waals surface area contributed by atoms with Crippen LogP contribution in [0.25, 0.3) is 0 Å². The number of aliphatic hydroxyl groups excluding tert-OH is 1. The second-order valence-corrected chi connectivity index (χ2v) is 12.8. The van der Waals surface area contributed by atoms with Gasteiger partial charge in [-0.25, -0.2) is 4.79 Å². The summed E-state index contributed by atoms with van der Waals surface area (Å²) in [6, 6.07) is 0. The van der Waals surface area contributed by atoms with Gasteiger partial charge in [-0.15, -0.1) is 0 Å². The maximum Gasteiger partial charge on any atom is 0.347 e. The molecule has 1 aliphatic rings. The number of aliphatic hydroxyl groups is 1. The summed E-state index contributed by atoms with van der Waals surface area (Å²) in [5.74, 6) is -0.735. The predicted octanol–water partition coefficient (Wildman–Crippen LogP) is 6.43. The van der Waals surface area contributed by atoms with Crippen molar-refractivity contribution in [2.24, 2.45) is 0 Å². The molecule has 1 N–H and O–H groups in total. The summed E-state index contributed by atoms with van der Waals surface area (Å²) in [6.07, 6.45) is 17.0. The standard InChI is InChI=1S/C35H69N3O5/c1-5-8-10-12-14-16-20-32(39)31-38(25-19-24-37-28-26-36(4)27-29-37)23-18-22-34(40)43-33(35(41)42-30-7-3)21-17-15-13-11-9-6-2/h32-33,39H,5-31H2,1-4H3. The van der Waals surface area contributed by atoms with Crippen molar-refractivity contribution < 1.29 is 24.2 Å². The summed E-state index contributed by atoms with van der Waals surface area (Å²) in [4.78, 5) is 32.6. The molecule has 2 unspecified atom stereocenters. The average Bonchev–Trinajstić information content (AvgIpc) is 2.99. The minimum Gasteiger partial charge on any atom is -0.463 e. The van der Waals surface area contributed by atoms with Gasteiger partial charge in [0, 0.05) is 39.1 Å². The normalized spacial score (nSPS) is 16.0. The molecule has 1 rings (SSSR count). The zero-order valence-electron chi connectivity index (χ0n) is 28.7. The van der Waals surface area contributed by atoms with E-state index in [1.165, 1.54) is 51.4 Å². The summed E-state index contributed by atoms with van der Waals surface area (Å²) in [5, 5.41) is 10.8. The number of hydrogen-bond donors (Lipinski definition) is 1. The van der Waals surface area contributed by atoms with E-state index in [1.807, 2.05) is 6.92 Å². The van der Waals surface area contributed by atoms with Crippen LogP contribution < -0.4 is 0 Å². The molecule has 0 aromatic carbocycles. The van der Waals surface area contributed by atoms with Crippen molar-refractivity contribution in [2.75, 3.05) is 66.0 Å². The van der Waals surface area contributed by atoms with E-state index in [9.17, 15) is 14.7 Å². The van der Waals surface area contributed by atoms with Gasteiger partial charge in [0.15, 0.2) is 6.10 Å². The Kier molecular flexibility index (Phi) is 25.1. The quantitative estimate of drug-likeness (QED) is 0.0800. The van der Waals surface area contributed by atoms with Crippen LogP contribution in [0.15, 0.2) is 0 Å². The third-order valence-electron chi connectivity index (χ3n) is 8.56. The molecule has 0 saturated carbocycles. The van der Waals surface area contributed by atoms with Gasteiger partial charge in [0.25, 0.3) is 0 Å². The van der Waals surface area contributed by atoms with Gasteiger partial charge in [0.05, 0.1) is 12.7 Å². The highest BCUT2D eigenvalue weighted by molar-refractivity contribution is 5.79. The lowest BCUT2D eigenvalue weighted by Gasteiger charge is -2.33. The van der Waals surface area contributed by atoms with Crippen molar-refractivity contribution in [2.45, 2.75) is 149 Å². The minimum absolute atomic E-state index is 0.274. The van der Waals surface area contributed by atoms with Crippen molar-refractivity contribution in [1.29, 1.82) is 0 Å². The van der Waals surface area contributed by atoms with Crippen LogP contribution in [0.5, 0.6) is 0 Å². The molecule has 1 aliphatic heterocycles. The smallest absolute Gasteiger partial charge is 0.347 e. The number of nitrogens with zero attached hydrogens (tertiary/aromatic N) is 3. The van der Waals surface area contributed by atoms with Crippen molar-refractivity contribution in [1.82, 2.24) is 14.7 Å². The predicted molar refractivity (Wildman–Crippen MR) is 177 cm³/mol. The summed E-state index contributed by atoms with van der Waals surface area (Å²) in [7, 11) is 2.18. The van der Waals surface area contributed by atoms with E-state index >= 15 is 0 Å². The Morgan fingerprint density at radius 3 is 1.95 bits per heavy atom. The monoisotopic (exact) mass is 612 g/mol. The first-order valence-corrected chi connectivity index (χ1v) is 18.1. The van der Waals surface area contributed by atoms with Crippen LogP contribution in [0.3, 0.4) is 0 Å². The molecule has 1 heterocycles. The van der Waals surface area contributed by atoms with Gasteiger partial charge in [-0.3, -0.25) is 4.79 Å². The highest BCUT2D eigenvalue weighted by atomic mass is 16.6. The lowest BCUT2D eigenvalue weighted by Crippen LogP contribution is -2.45. The first-order chi connectivity index (χ1) is 20.9. The number of piperazine rings is 1. The number of carbonyl (C=O) groups excluding carboxylic acids is 2. The largest absolute Gasteiger partial charge is 0.463 e. The molecule has 0 spiro atoms. The Morgan fingerprint density at radius 1 is 0.744 bits per heavy atom. The fourth-order valence-electron chi connectivity index (χ4n) is 5.73. The maximum atomic E-state index is 12.8. The zero-order chi connectivity index (χ0) is 31.5. The van der Waals surface area contributed by atoms with Gasteiger partial charge >= 0.3 is 11.9 Å². The molecule has 1 fully saturated rings. The Balaban J connectivity index is 2.53. The molecule has 0 bridgehead atoms. The van der Waals surface area contributed by atoms with Gasteiger partial charge in [-0.2, -0.15) is 0 Å². The van der Waals surface area contributed by atoms with Crippen LogP contribution in [0.1, 0.15) is 136 Å². The Bertz CT molecular complexity index is 672. The summed E-state index contributed by atoms with van der Waals surface area (Å²) in [6.45, 7) is 14.6. The number of hydrogen-bond acceptors (Lipinski definition) is 8. The topological polar surface area (TPSA) is 82.5 Å². The third kappa shape index (κ3) is 22.0. The number of likely N-dealkylation sites (N-methyl/N-ethyl adjacent to an activating group) is 1. The first-order valence-electron chi connectivity index (χ1n) is 18.1. The highest BCUT2D eigenvalue weighted by Gasteiger charge is 2.24. The maximum absolute atomic E-state index is 12.8. The van der Waals surface area contributed by atoms with Gasteiger partial charge < -0.3 is 29.3 Å². The number of rotatable bonds is 28. The van der Waals surface area contributed by atoms with Crippen LogP contribution in [0.2, 0.25) is 0 Å². The number of ether oxygens (including phenoxy) is 2. The summed E-state index contributed by atoms with van der Waals surface area (Å²) >= 11 is 0. The van der Waals surface area contributed by atoms with E-state index in [0.717, 1.165) is 90.8 Å². The Morgan fingerprint density at radius 2 is 1.33 bits per heavy atom. The van der Waals surface area contributed by atoms with E-state index in [0.29, 0.717) is 26.0 Å². The lowest BCUT2D eigenvalue weighted by atomic mass is 10.1. The van der Waals surface area contributed by atoms with E-state index in [2.05, 4.69) is 35.6 Å². The fourth-order valence-corrected chi connectivity index (χ4v) is 5.73. The number of carbonyl (C=O) groups is 2. The third-order valence-corrected chi connectivity index (χ3v) is 8.56. The SMILES string of the molecule is CCCCCCCCC(O)CN(CCCC(=O)OC(CCCCCCCC)C(=O)OCCC)CCCN1CCN(C)CC1. The molecule has 0 aromatic rings. The van der Waals surface area contributed by atoms with Crippen molar-refractivity contribution in [3.8, 4) is 0 Å². The lowest BCUT2D eigenvalue weighted by molar-refractivity contribution is -0.168. The number of unbranched alkanes of at least 4 members (excludes halogenated alkanes) is 10. The molecular formula is C35H69N3O5. The Hall–Kier alpha value is -1.22. The highest BCUT2D eigenvalue weighted by Crippen LogP contribution is 2.14. The molecule has 0 aliphatic carbocycles. The van der Waals surface area contributed by atoms with Gasteiger partial charge in [-0.1, -0.05) is 91.4 Å². The Labute approximate surface area is 265 Å². The van der Waals surface area contributed by atoms with Crippen molar-refractivity contribution in [3.05, 3.63) is 0 Å². The fraction of sp³-hybridized carbons (Fsp3) is 0.943. The van der Waals surface area contributed by atoms with E-state index < -0.39 is 12.1 Å². The second-order valence-electron chi connectivity index (χ2n) is 12.8. The van der Waals surface area contributed by atoms with Crippen molar-refractivity contribution in [3.63, 3.8) is 0 Å².